The second-order valence-corrected chi connectivity index (χ2v) is 8.27. The molecule has 2 amide bonds. The molecule has 2 aromatic rings. The van der Waals surface area contributed by atoms with Gasteiger partial charge in [0.15, 0.2) is 0 Å². The highest BCUT2D eigenvalue weighted by atomic mass is 16.2. The maximum atomic E-state index is 12.6. The third kappa shape index (κ3) is 3.85. The normalized spacial score (nSPS) is 19.3. The van der Waals surface area contributed by atoms with Crippen LogP contribution in [0.2, 0.25) is 0 Å². The van der Waals surface area contributed by atoms with E-state index >= 15 is 0 Å². The smallest absolute Gasteiger partial charge is 0.277 e. The standard InChI is InChI=1S/C20H23N7O2/c1-20(2,3)15-10-16(24-18(29)14-11-21-8-9-22-14)27(26-15)19-23-13-7-5-4-6-12(13)17(28)25-19/h8-12H,4-7H2,1-3H3,(H,24,29). The first-order valence-electron chi connectivity index (χ1n) is 9.71. The van der Waals surface area contributed by atoms with E-state index in [1.54, 1.807) is 6.07 Å². The molecular weight excluding hydrogens is 370 g/mol. The number of hydrogen-bond acceptors (Lipinski definition) is 6. The molecule has 1 saturated carbocycles. The van der Waals surface area contributed by atoms with Gasteiger partial charge in [0.1, 0.15) is 11.5 Å². The molecule has 1 atom stereocenters. The molecule has 4 rings (SSSR count). The molecule has 9 nitrogen and oxygen atoms in total. The Labute approximate surface area is 168 Å². The third-order valence-corrected chi connectivity index (χ3v) is 5.03. The summed E-state index contributed by atoms with van der Waals surface area (Å²) in [6.07, 6.45) is 7.92. The fourth-order valence-corrected chi connectivity index (χ4v) is 3.41. The second-order valence-electron chi connectivity index (χ2n) is 8.27. The minimum Gasteiger partial charge on any atom is -0.305 e. The summed E-state index contributed by atoms with van der Waals surface area (Å²) in [5.41, 5.74) is 1.51. The van der Waals surface area contributed by atoms with Crippen LogP contribution in [0.25, 0.3) is 0 Å². The molecule has 2 aromatic heterocycles. The molecule has 1 aliphatic carbocycles. The first-order valence-corrected chi connectivity index (χ1v) is 9.71. The monoisotopic (exact) mass is 393 g/mol. The zero-order valence-electron chi connectivity index (χ0n) is 16.7. The van der Waals surface area contributed by atoms with Crippen LogP contribution in [0.4, 0.5) is 5.82 Å². The number of fused-ring (bicyclic) bond motifs is 1. The number of aliphatic imine (C=N–C) groups is 2. The summed E-state index contributed by atoms with van der Waals surface area (Å²) in [6.45, 7) is 6.06. The molecule has 29 heavy (non-hydrogen) atoms. The zero-order chi connectivity index (χ0) is 20.6. The van der Waals surface area contributed by atoms with Gasteiger partial charge < -0.3 is 5.32 Å². The van der Waals surface area contributed by atoms with Gasteiger partial charge in [-0.3, -0.25) is 14.6 Å². The Morgan fingerprint density at radius 2 is 2.03 bits per heavy atom. The van der Waals surface area contributed by atoms with E-state index in [9.17, 15) is 9.59 Å². The first-order chi connectivity index (χ1) is 13.8. The van der Waals surface area contributed by atoms with E-state index < -0.39 is 5.91 Å². The van der Waals surface area contributed by atoms with Gasteiger partial charge in [-0.15, -0.1) is 0 Å². The van der Waals surface area contributed by atoms with Crippen molar-refractivity contribution in [1.29, 1.82) is 0 Å². The van der Waals surface area contributed by atoms with Crippen LogP contribution in [0.15, 0.2) is 34.6 Å². The van der Waals surface area contributed by atoms with Crippen molar-refractivity contribution in [3.05, 3.63) is 36.0 Å². The van der Waals surface area contributed by atoms with Gasteiger partial charge in [0.2, 0.25) is 0 Å². The van der Waals surface area contributed by atoms with Crippen LogP contribution >= 0.6 is 0 Å². The van der Waals surface area contributed by atoms with Crippen molar-refractivity contribution in [2.75, 3.05) is 5.32 Å². The predicted octanol–water partition coefficient (Wildman–Crippen LogP) is 2.60. The van der Waals surface area contributed by atoms with Crippen molar-refractivity contribution >= 4 is 29.3 Å². The predicted molar refractivity (Wildman–Crippen MR) is 108 cm³/mol. The number of carbonyl (C=O) groups excluding carboxylic acids is 2. The number of aromatic nitrogens is 4. The summed E-state index contributed by atoms with van der Waals surface area (Å²) in [4.78, 5) is 41.9. The van der Waals surface area contributed by atoms with Crippen molar-refractivity contribution in [3.8, 4) is 0 Å². The van der Waals surface area contributed by atoms with E-state index in [1.165, 1.54) is 23.3 Å². The lowest BCUT2D eigenvalue weighted by Gasteiger charge is -2.24. The SMILES string of the molecule is CC(C)(C)c1cc(NC(=O)c2cnccn2)n(C2=NC(=O)C3CCCCC3=N2)n1. The van der Waals surface area contributed by atoms with Crippen LogP contribution < -0.4 is 5.32 Å². The van der Waals surface area contributed by atoms with E-state index in [2.05, 4.69) is 30.4 Å². The highest BCUT2D eigenvalue weighted by Crippen LogP contribution is 2.28. The van der Waals surface area contributed by atoms with Gasteiger partial charge in [0.05, 0.1) is 17.8 Å². The van der Waals surface area contributed by atoms with Crippen molar-refractivity contribution in [3.63, 3.8) is 0 Å². The minimum atomic E-state index is -0.425. The van der Waals surface area contributed by atoms with Crippen LogP contribution in [-0.2, 0) is 10.2 Å². The highest BCUT2D eigenvalue weighted by molar-refractivity contribution is 6.16. The Bertz CT molecular complexity index is 1020. The summed E-state index contributed by atoms with van der Waals surface area (Å²) < 4.78 is 1.44. The van der Waals surface area contributed by atoms with Crippen molar-refractivity contribution < 1.29 is 9.59 Å². The number of anilines is 1. The number of carbonyl (C=O) groups is 2. The lowest BCUT2D eigenvalue weighted by Crippen LogP contribution is -2.34. The molecule has 2 aliphatic rings. The molecule has 0 bridgehead atoms. The van der Waals surface area contributed by atoms with E-state index in [0.717, 1.165) is 37.1 Å². The lowest BCUT2D eigenvalue weighted by molar-refractivity contribution is -0.120. The number of rotatable bonds is 2. The third-order valence-electron chi connectivity index (χ3n) is 5.03. The van der Waals surface area contributed by atoms with Gasteiger partial charge in [0.25, 0.3) is 17.8 Å². The fraction of sp³-hybridized carbons (Fsp3) is 0.450. The summed E-state index contributed by atoms with van der Waals surface area (Å²) in [5.74, 6) is -0.263. The van der Waals surface area contributed by atoms with Crippen LogP contribution in [0.1, 0.15) is 62.6 Å². The Kier molecular flexibility index (Phi) is 4.81. The van der Waals surface area contributed by atoms with Gasteiger partial charge in [-0.25, -0.2) is 9.98 Å². The first kappa shape index (κ1) is 19.1. The molecule has 0 saturated heterocycles. The van der Waals surface area contributed by atoms with E-state index in [4.69, 9.17) is 0 Å². The van der Waals surface area contributed by atoms with Gasteiger partial charge in [-0.2, -0.15) is 14.8 Å². The Morgan fingerprint density at radius 1 is 1.21 bits per heavy atom. The largest absolute Gasteiger partial charge is 0.305 e. The average molecular weight is 393 g/mol. The number of nitrogens with one attached hydrogen (secondary N) is 1. The Hall–Kier alpha value is -3.23. The van der Waals surface area contributed by atoms with Crippen LogP contribution in [0.3, 0.4) is 0 Å². The van der Waals surface area contributed by atoms with Gasteiger partial charge >= 0.3 is 0 Å². The van der Waals surface area contributed by atoms with Crippen molar-refractivity contribution in [2.24, 2.45) is 15.9 Å². The number of amides is 2. The molecule has 0 aromatic carbocycles. The Balaban J connectivity index is 1.73. The second kappa shape index (κ2) is 7.31. The van der Waals surface area contributed by atoms with Gasteiger partial charge in [-0.05, 0) is 19.3 Å². The highest BCUT2D eigenvalue weighted by Gasteiger charge is 2.32. The molecule has 1 N–H and O–H groups in total. The molecule has 0 radical (unpaired) electrons. The average Bonchev–Trinajstić information content (AvgIpc) is 3.13. The van der Waals surface area contributed by atoms with Crippen LogP contribution in [0, 0.1) is 5.92 Å². The molecule has 1 fully saturated rings. The van der Waals surface area contributed by atoms with Crippen LogP contribution in [0.5, 0.6) is 0 Å². The molecular formula is C20H23N7O2. The molecule has 1 aliphatic heterocycles. The number of hydrogen-bond donors (Lipinski definition) is 1. The van der Waals surface area contributed by atoms with E-state index in [0.29, 0.717) is 5.82 Å². The summed E-state index contributed by atoms with van der Waals surface area (Å²) in [5, 5.41) is 7.40. The molecule has 150 valence electrons. The minimum absolute atomic E-state index is 0.179. The maximum Gasteiger partial charge on any atom is 0.277 e. The molecule has 3 heterocycles. The fourth-order valence-electron chi connectivity index (χ4n) is 3.41. The molecule has 1 unspecified atom stereocenters. The van der Waals surface area contributed by atoms with Gasteiger partial charge in [0, 0.05) is 29.6 Å². The summed E-state index contributed by atoms with van der Waals surface area (Å²) in [6, 6.07) is 1.77. The van der Waals surface area contributed by atoms with E-state index in [-0.39, 0.29) is 28.9 Å². The molecule has 9 heteroatoms. The van der Waals surface area contributed by atoms with Crippen molar-refractivity contribution in [2.45, 2.75) is 51.9 Å². The summed E-state index contributed by atoms with van der Waals surface area (Å²) in [7, 11) is 0. The quantitative estimate of drug-likeness (QED) is 0.842. The molecule has 0 spiro atoms. The summed E-state index contributed by atoms with van der Waals surface area (Å²) >= 11 is 0. The number of nitrogens with zero attached hydrogens (tertiary/aromatic N) is 6. The Morgan fingerprint density at radius 3 is 2.76 bits per heavy atom. The van der Waals surface area contributed by atoms with Gasteiger partial charge in [-0.1, -0.05) is 27.2 Å². The zero-order valence-corrected chi connectivity index (χ0v) is 16.7. The van der Waals surface area contributed by atoms with Crippen molar-refractivity contribution in [1.82, 2.24) is 19.7 Å². The maximum absolute atomic E-state index is 12.6. The van der Waals surface area contributed by atoms with Crippen LogP contribution in [-0.4, -0.2) is 43.2 Å². The topological polar surface area (TPSA) is 114 Å². The lowest BCUT2D eigenvalue weighted by atomic mass is 9.86. The van der Waals surface area contributed by atoms with E-state index in [1.807, 2.05) is 20.8 Å².